The Labute approximate surface area is 96.0 Å². The van der Waals surface area contributed by atoms with Gasteiger partial charge in [-0.1, -0.05) is 6.92 Å². The third kappa shape index (κ3) is 5.39. The molecule has 0 heterocycles. The summed E-state index contributed by atoms with van der Waals surface area (Å²) in [6.45, 7) is 7.78. The smallest absolute Gasteiger partial charge is 0.238 e. The van der Waals surface area contributed by atoms with Crippen LogP contribution < -0.4 is 11.1 Å². The Bertz CT molecular complexity index is 212. The fourth-order valence-corrected chi connectivity index (χ4v) is 2.13. The van der Waals surface area contributed by atoms with Crippen LogP contribution in [0.3, 0.4) is 0 Å². The SMILES string of the molecule is CC(C)NC(C)(CSC(C)CO)C(N)=O. The molecule has 0 spiro atoms. The number of aliphatic hydroxyl groups excluding tert-OH is 1. The maximum absolute atomic E-state index is 11.3. The molecule has 0 aromatic rings. The highest BCUT2D eigenvalue weighted by Crippen LogP contribution is 2.18. The van der Waals surface area contributed by atoms with Gasteiger partial charge in [0.2, 0.25) is 5.91 Å². The van der Waals surface area contributed by atoms with E-state index in [0.717, 1.165) is 0 Å². The Morgan fingerprint density at radius 3 is 2.40 bits per heavy atom. The number of nitrogens with one attached hydrogen (secondary N) is 1. The van der Waals surface area contributed by atoms with Gasteiger partial charge in [0, 0.05) is 17.0 Å². The first-order valence-corrected chi connectivity index (χ1v) is 6.16. The average Bonchev–Trinajstić information content (AvgIpc) is 2.12. The van der Waals surface area contributed by atoms with Crippen molar-refractivity contribution in [2.24, 2.45) is 5.73 Å². The zero-order chi connectivity index (χ0) is 12.1. The van der Waals surface area contributed by atoms with Crippen LogP contribution in [0.2, 0.25) is 0 Å². The van der Waals surface area contributed by atoms with Gasteiger partial charge in [0.1, 0.15) is 5.54 Å². The van der Waals surface area contributed by atoms with E-state index in [-0.39, 0.29) is 23.8 Å². The largest absolute Gasteiger partial charge is 0.395 e. The molecule has 0 aliphatic heterocycles. The van der Waals surface area contributed by atoms with Crippen molar-refractivity contribution >= 4 is 17.7 Å². The van der Waals surface area contributed by atoms with Gasteiger partial charge in [-0.05, 0) is 20.8 Å². The Kier molecular flexibility index (Phi) is 6.24. The highest BCUT2D eigenvalue weighted by Gasteiger charge is 2.31. The molecule has 0 aromatic heterocycles. The zero-order valence-electron chi connectivity index (χ0n) is 9.91. The van der Waals surface area contributed by atoms with Crippen molar-refractivity contribution in [1.29, 1.82) is 0 Å². The fourth-order valence-electron chi connectivity index (χ4n) is 1.18. The summed E-state index contributed by atoms with van der Waals surface area (Å²) in [5, 5.41) is 12.2. The van der Waals surface area contributed by atoms with Crippen LogP contribution in [0.15, 0.2) is 0 Å². The summed E-state index contributed by atoms with van der Waals surface area (Å²) in [6, 6.07) is 0.201. The van der Waals surface area contributed by atoms with E-state index < -0.39 is 5.54 Å². The van der Waals surface area contributed by atoms with Crippen molar-refractivity contribution in [1.82, 2.24) is 5.32 Å². The molecular weight excluding hydrogens is 212 g/mol. The van der Waals surface area contributed by atoms with Gasteiger partial charge in [-0.15, -0.1) is 0 Å². The van der Waals surface area contributed by atoms with Crippen molar-refractivity contribution in [3.05, 3.63) is 0 Å². The van der Waals surface area contributed by atoms with Gasteiger partial charge < -0.3 is 16.2 Å². The number of primary amides is 1. The number of amides is 1. The normalized spacial score (nSPS) is 17.5. The lowest BCUT2D eigenvalue weighted by Gasteiger charge is -2.30. The highest BCUT2D eigenvalue weighted by atomic mass is 32.2. The summed E-state index contributed by atoms with van der Waals surface area (Å²) in [6.07, 6.45) is 0. The van der Waals surface area contributed by atoms with Crippen LogP contribution in [0.5, 0.6) is 0 Å². The maximum Gasteiger partial charge on any atom is 0.238 e. The van der Waals surface area contributed by atoms with Crippen LogP contribution in [-0.4, -0.2) is 40.2 Å². The number of hydrogen-bond donors (Lipinski definition) is 3. The number of carbonyl (C=O) groups excluding carboxylic acids is 1. The first-order valence-electron chi connectivity index (χ1n) is 5.12. The van der Waals surface area contributed by atoms with Crippen LogP contribution in [-0.2, 0) is 4.79 Å². The van der Waals surface area contributed by atoms with E-state index in [0.29, 0.717) is 5.75 Å². The summed E-state index contributed by atoms with van der Waals surface area (Å²) < 4.78 is 0. The lowest BCUT2D eigenvalue weighted by molar-refractivity contribution is -0.123. The van der Waals surface area contributed by atoms with E-state index in [1.807, 2.05) is 20.8 Å². The van der Waals surface area contributed by atoms with Gasteiger partial charge in [-0.25, -0.2) is 0 Å². The van der Waals surface area contributed by atoms with Crippen LogP contribution in [0, 0.1) is 0 Å². The second kappa shape index (κ2) is 6.35. The Morgan fingerprint density at radius 1 is 1.53 bits per heavy atom. The number of carbonyl (C=O) groups is 1. The topological polar surface area (TPSA) is 75.3 Å². The van der Waals surface area contributed by atoms with Gasteiger partial charge in [-0.2, -0.15) is 11.8 Å². The summed E-state index contributed by atoms with van der Waals surface area (Å²) >= 11 is 1.54. The standard InChI is InChI=1S/C10H22N2O2S/c1-7(2)12-10(4,9(11)14)6-15-8(3)5-13/h7-8,12-13H,5-6H2,1-4H3,(H2,11,14). The number of hydrogen-bond acceptors (Lipinski definition) is 4. The average molecular weight is 234 g/mol. The molecular formula is C10H22N2O2S. The Balaban J connectivity index is 4.32. The molecule has 90 valence electrons. The molecule has 0 radical (unpaired) electrons. The van der Waals surface area contributed by atoms with Crippen molar-refractivity contribution in [2.75, 3.05) is 12.4 Å². The third-order valence-corrected chi connectivity index (χ3v) is 3.53. The van der Waals surface area contributed by atoms with Gasteiger partial charge in [0.15, 0.2) is 0 Å². The fraction of sp³-hybridized carbons (Fsp3) is 0.900. The molecule has 0 aliphatic carbocycles. The molecule has 0 bridgehead atoms. The summed E-state index contributed by atoms with van der Waals surface area (Å²) in [7, 11) is 0. The molecule has 1 amide bonds. The van der Waals surface area contributed by atoms with Crippen molar-refractivity contribution in [2.45, 2.75) is 44.5 Å². The van der Waals surface area contributed by atoms with E-state index in [1.54, 1.807) is 18.7 Å². The number of rotatable bonds is 7. The van der Waals surface area contributed by atoms with Crippen LogP contribution in [0.4, 0.5) is 0 Å². The zero-order valence-corrected chi connectivity index (χ0v) is 10.7. The van der Waals surface area contributed by atoms with Crippen molar-refractivity contribution in [3.63, 3.8) is 0 Å². The molecule has 4 N–H and O–H groups in total. The molecule has 2 atom stereocenters. The van der Waals surface area contributed by atoms with Gasteiger partial charge in [0.25, 0.3) is 0 Å². The Hall–Kier alpha value is -0.260. The van der Waals surface area contributed by atoms with Crippen LogP contribution in [0.25, 0.3) is 0 Å². The van der Waals surface area contributed by atoms with Gasteiger partial charge in [-0.3, -0.25) is 4.79 Å². The van der Waals surface area contributed by atoms with Crippen molar-refractivity contribution < 1.29 is 9.90 Å². The minimum Gasteiger partial charge on any atom is -0.395 e. The molecule has 0 aliphatic rings. The monoisotopic (exact) mass is 234 g/mol. The van der Waals surface area contributed by atoms with E-state index in [9.17, 15) is 4.79 Å². The highest BCUT2D eigenvalue weighted by molar-refractivity contribution is 8.00. The minimum atomic E-state index is -0.706. The van der Waals surface area contributed by atoms with E-state index in [2.05, 4.69) is 5.32 Å². The molecule has 0 rings (SSSR count). The van der Waals surface area contributed by atoms with E-state index in [4.69, 9.17) is 10.8 Å². The van der Waals surface area contributed by atoms with Crippen LogP contribution in [0.1, 0.15) is 27.7 Å². The van der Waals surface area contributed by atoms with E-state index >= 15 is 0 Å². The van der Waals surface area contributed by atoms with E-state index in [1.165, 1.54) is 0 Å². The molecule has 5 heteroatoms. The summed E-state index contributed by atoms with van der Waals surface area (Å²) in [5.74, 6) is 0.219. The van der Waals surface area contributed by atoms with Gasteiger partial charge in [0.05, 0.1) is 6.61 Å². The van der Waals surface area contributed by atoms with Crippen molar-refractivity contribution in [3.8, 4) is 0 Å². The maximum atomic E-state index is 11.3. The summed E-state index contributed by atoms with van der Waals surface area (Å²) in [5.41, 5.74) is 4.66. The molecule has 4 nitrogen and oxygen atoms in total. The molecule has 2 unspecified atom stereocenters. The minimum absolute atomic E-state index is 0.112. The third-order valence-electron chi connectivity index (χ3n) is 2.06. The molecule has 0 saturated carbocycles. The number of nitrogens with two attached hydrogens (primary N) is 1. The predicted molar refractivity (Wildman–Crippen MR) is 64.9 cm³/mol. The summed E-state index contributed by atoms with van der Waals surface area (Å²) in [4.78, 5) is 11.3. The quantitative estimate of drug-likeness (QED) is 0.594. The molecule has 0 saturated heterocycles. The number of thioether (sulfide) groups is 1. The number of aliphatic hydroxyl groups is 1. The predicted octanol–water partition coefficient (Wildman–Crippen LogP) is 0.342. The second-order valence-corrected chi connectivity index (χ2v) is 5.73. The Morgan fingerprint density at radius 2 is 2.07 bits per heavy atom. The second-order valence-electron chi connectivity index (χ2n) is 4.30. The lowest BCUT2D eigenvalue weighted by Crippen LogP contribution is -2.57. The molecule has 15 heavy (non-hydrogen) atoms. The molecule has 0 fully saturated rings. The first kappa shape index (κ1) is 14.7. The van der Waals surface area contributed by atoms with Gasteiger partial charge >= 0.3 is 0 Å². The molecule has 0 aromatic carbocycles. The first-order chi connectivity index (χ1) is 6.81. The lowest BCUT2D eigenvalue weighted by atomic mass is 10.0. The van der Waals surface area contributed by atoms with Crippen LogP contribution >= 0.6 is 11.8 Å².